The number of carbonyl (C=O) groups is 2. The standard InChI is InChI=1S/C18H14Cl2N2O2/c19-12-7-13(20)9-14(8-12)22-17(23)10-16(18(22)24)21-6-5-11-3-1-2-4-15(11)21/h1-4,7-9,16H,5-6,10H2/t16-/m1/s1. The Balaban J connectivity index is 1.67. The molecular weight excluding hydrogens is 347 g/mol. The summed E-state index contributed by atoms with van der Waals surface area (Å²) in [5.74, 6) is -0.456. The number of nitrogens with zero attached hydrogens (tertiary/aromatic N) is 2. The summed E-state index contributed by atoms with van der Waals surface area (Å²) < 4.78 is 0. The van der Waals surface area contributed by atoms with E-state index in [0.717, 1.165) is 18.7 Å². The molecule has 2 aliphatic rings. The van der Waals surface area contributed by atoms with Crippen LogP contribution in [-0.2, 0) is 16.0 Å². The van der Waals surface area contributed by atoms with Gasteiger partial charge in [-0.2, -0.15) is 0 Å². The van der Waals surface area contributed by atoms with E-state index in [1.165, 1.54) is 10.5 Å². The maximum Gasteiger partial charge on any atom is 0.256 e. The molecule has 0 unspecified atom stereocenters. The van der Waals surface area contributed by atoms with E-state index in [-0.39, 0.29) is 18.2 Å². The van der Waals surface area contributed by atoms with Crippen LogP contribution in [0, 0.1) is 0 Å². The van der Waals surface area contributed by atoms with Gasteiger partial charge in [-0.15, -0.1) is 0 Å². The fourth-order valence-electron chi connectivity index (χ4n) is 3.49. The van der Waals surface area contributed by atoms with Gasteiger partial charge >= 0.3 is 0 Å². The first-order valence-corrected chi connectivity index (χ1v) is 8.47. The monoisotopic (exact) mass is 360 g/mol. The van der Waals surface area contributed by atoms with Crippen molar-refractivity contribution in [3.8, 4) is 0 Å². The number of benzene rings is 2. The summed E-state index contributed by atoms with van der Waals surface area (Å²) in [5.41, 5.74) is 2.68. The second kappa shape index (κ2) is 5.80. The summed E-state index contributed by atoms with van der Waals surface area (Å²) in [6, 6.07) is 12.3. The van der Waals surface area contributed by atoms with Gasteiger partial charge in [0.05, 0.1) is 12.1 Å². The Bertz CT molecular complexity index is 832. The number of halogens is 2. The number of amides is 2. The van der Waals surface area contributed by atoms with Crippen LogP contribution in [0.25, 0.3) is 0 Å². The molecule has 0 N–H and O–H groups in total. The first-order valence-electron chi connectivity index (χ1n) is 7.72. The van der Waals surface area contributed by atoms with Gasteiger partial charge in [-0.3, -0.25) is 9.59 Å². The molecule has 4 nitrogen and oxygen atoms in total. The average Bonchev–Trinajstić information content (AvgIpc) is 3.07. The van der Waals surface area contributed by atoms with Gasteiger partial charge in [-0.1, -0.05) is 41.4 Å². The van der Waals surface area contributed by atoms with Crippen LogP contribution in [0.2, 0.25) is 10.0 Å². The normalized spacial score (nSPS) is 20.0. The van der Waals surface area contributed by atoms with E-state index in [1.807, 2.05) is 23.1 Å². The maximum atomic E-state index is 12.9. The van der Waals surface area contributed by atoms with Crippen molar-refractivity contribution in [3.63, 3.8) is 0 Å². The van der Waals surface area contributed by atoms with Crippen LogP contribution in [0.5, 0.6) is 0 Å². The van der Waals surface area contributed by atoms with Crippen LogP contribution >= 0.6 is 23.2 Å². The molecule has 24 heavy (non-hydrogen) atoms. The van der Waals surface area contributed by atoms with Gasteiger partial charge in [-0.25, -0.2) is 4.90 Å². The van der Waals surface area contributed by atoms with Crippen molar-refractivity contribution < 1.29 is 9.59 Å². The molecule has 2 aromatic rings. The van der Waals surface area contributed by atoms with E-state index in [2.05, 4.69) is 6.07 Å². The van der Waals surface area contributed by atoms with Gasteiger partial charge in [-0.05, 0) is 36.2 Å². The van der Waals surface area contributed by atoms with Crippen molar-refractivity contribution in [1.82, 2.24) is 0 Å². The number of anilines is 2. The lowest BCUT2D eigenvalue weighted by Crippen LogP contribution is -2.41. The number of rotatable bonds is 2. The number of hydrogen-bond acceptors (Lipinski definition) is 3. The smallest absolute Gasteiger partial charge is 0.256 e. The van der Waals surface area contributed by atoms with Gasteiger partial charge in [0.1, 0.15) is 6.04 Å². The molecule has 1 atom stereocenters. The van der Waals surface area contributed by atoms with Gasteiger partial charge in [0.15, 0.2) is 0 Å². The Labute approximate surface area is 149 Å². The molecule has 2 aromatic carbocycles. The first-order chi connectivity index (χ1) is 11.5. The fraction of sp³-hybridized carbons (Fsp3) is 0.222. The van der Waals surface area contributed by atoms with Crippen molar-refractivity contribution in [1.29, 1.82) is 0 Å². The van der Waals surface area contributed by atoms with Crippen molar-refractivity contribution in [2.45, 2.75) is 18.9 Å². The van der Waals surface area contributed by atoms with Gasteiger partial charge < -0.3 is 4.90 Å². The van der Waals surface area contributed by atoms with Crippen molar-refractivity contribution in [3.05, 3.63) is 58.1 Å². The predicted octanol–water partition coefficient (Wildman–Crippen LogP) is 3.69. The second-order valence-corrected chi connectivity index (χ2v) is 6.86. The molecule has 0 spiro atoms. The molecule has 0 bridgehead atoms. The summed E-state index contributed by atoms with van der Waals surface area (Å²) in [5, 5.41) is 0.793. The van der Waals surface area contributed by atoms with Crippen LogP contribution in [-0.4, -0.2) is 24.4 Å². The average molecular weight is 361 g/mol. The van der Waals surface area contributed by atoms with Gasteiger partial charge in [0.2, 0.25) is 5.91 Å². The lowest BCUT2D eigenvalue weighted by Gasteiger charge is -2.25. The van der Waals surface area contributed by atoms with E-state index in [1.54, 1.807) is 18.2 Å². The zero-order chi connectivity index (χ0) is 16.8. The van der Waals surface area contributed by atoms with Crippen LogP contribution in [0.3, 0.4) is 0 Å². The highest BCUT2D eigenvalue weighted by molar-refractivity contribution is 6.35. The molecule has 2 heterocycles. The lowest BCUT2D eigenvalue weighted by molar-refractivity contribution is -0.121. The molecule has 1 fully saturated rings. The molecule has 0 aromatic heterocycles. The van der Waals surface area contributed by atoms with Gasteiger partial charge in [0, 0.05) is 22.3 Å². The summed E-state index contributed by atoms with van der Waals surface area (Å²) in [4.78, 5) is 28.6. The van der Waals surface area contributed by atoms with E-state index in [9.17, 15) is 9.59 Å². The Morgan fingerprint density at radius 3 is 2.46 bits per heavy atom. The quantitative estimate of drug-likeness (QED) is 0.766. The Hall–Kier alpha value is -2.04. The molecule has 0 saturated carbocycles. The minimum atomic E-state index is -0.473. The van der Waals surface area contributed by atoms with Crippen molar-refractivity contribution in [2.24, 2.45) is 0 Å². The summed E-state index contributed by atoms with van der Waals surface area (Å²) in [7, 11) is 0. The summed E-state index contributed by atoms with van der Waals surface area (Å²) >= 11 is 12.0. The number of para-hydroxylation sites is 1. The maximum absolute atomic E-state index is 12.9. The van der Waals surface area contributed by atoms with Gasteiger partial charge in [0.25, 0.3) is 5.91 Å². The molecule has 0 radical (unpaired) electrons. The zero-order valence-corrected chi connectivity index (χ0v) is 14.2. The highest BCUT2D eigenvalue weighted by Crippen LogP contribution is 2.35. The second-order valence-electron chi connectivity index (χ2n) is 5.99. The highest BCUT2D eigenvalue weighted by atomic mass is 35.5. The SMILES string of the molecule is O=C1C[C@@H](N2CCc3ccccc32)C(=O)N1c1cc(Cl)cc(Cl)c1. The van der Waals surface area contributed by atoms with Crippen LogP contribution in [0.15, 0.2) is 42.5 Å². The minimum absolute atomic E-state index is 0.164. The van der Waals surface area contributed by atoms with E-state index >= 15 is 0 Å². The fourth-order valence-corrected chi connectivity index (χ4v) is 4.00. The highest BCUT2D eigenvalue weighted by Gasteiger charge is 2.44. The third kappa shape index (κ3) is 2.46. The largest absolute Gasteiger partial charge is 0.359 e. The molecule has 0 aliphatic carbocycles. The third-order valence-electron chi connectivity index (χ3n) is 4.53. The number of imide groups is 1. The molecule has 122 valence electrons. The predicted molar refractivity (Wildman–Crippen MR) is 94.9 cm³/mol. The Morgan fingerprint density at radius 1 is 1.00 bits per heavy atom. The van der Waals surface area contributed by atoms with Crippen molar-refractivity contribution >= 4 is 46.4 Å². The molecule has 4 rings (SSSR count). The molecule has 1 saturated heterocycles. The van der Waals surface area contributed by atoms with E-state index < -0.39 is 6.04 Å². The molecular formula is C18H14Cl2N2O2. The molecule has 2 aliphatic heterocycles. The topological polar surface area (TPSA) is 40.6 Å². The zero-order valence-electron chi connectivity index (χ0n) is 12.7. The molecule has 2 amide bonds. The number of carbonyl (C=O) groups excluding carboxylic acids is 2. The minimum Gasteiger partial charge on any atom is -0.359 e. The summed E-state index contributed by atoms with van der Waals surface area (Å²) in [6.07, 6.45) is 1.05. The van der Waals surface area contributed by atoms with Crippen molar-refractivity contribution in [2.75, 3.05) is 16.3 Å². The Kier molecular flexibility index (Phi) is 3.74. The molecule has 6 heteroatoms. The van der Waals surface area contributed by atoms with Crippen LogP contribution in [0.4, 0.5) is 11.4 Å². The van der Waals surface area contributed by atoms with E-state index in [0.29, 0.717) is 15.7 Å². The first kappa shape index (κ1) is 15.5. The lowest BCUT2D eigenvalue weighted by atomic mass is 10.1. The van der Waals surface area contributed by atoms with Crippen LogP contribution < -0.4 is 9.80 Å². The van der Waals surface area contributed by atoms with E-state index in [4.69, 9.17) is 23.2 Å². The summed E-state index contributed by atoms with van der Waals surface area (Å²) in [6.45, 7) is 0.743. The third-order valence-corrected chi connectivity index (χ3v) is 4.96. The Morgan fingerprint density at radius 2 is 1.71 bits per heavy atom. The van der Waals surface area contributed by atoms with Crippen LogP contribution in [0.1, 0.15) is 12.0 Å². The number of fused-ring (bicyclic) bond motifs is 1. The number of hydrogen-bond donors (Lipinski definition) is 0.